The summed E-state index contributed by atoms with van der Waals surface area (Å²) in [5, 5.41) is 2.58. The van der Waals surface area contributed by atoms with Crippen molar-refractivity contribution in [2.75, 3.05) is 18.4 Å². The number of benzene rings is 2. The molecule has 1 N–H and O–H groups in total. The van der Waals surface area contributed by atoms with Crippen LogP contribution in [0.2, 0.25) is 0 Å². The maximum atomic E-state index is 12.8. The second-order valence-corrected chi connectivity index (χ2v) is 9.02. The van der Waals surface area contributed by atoms with Crippen LogP contribution in [0.1, 0.15) is 24.0 Å². The van der Waals surface area contributed by atoms with E-state index in [0.29, 0.717) is 19.4 Å². The van der Waals surface area contributed by atoms with Crippen molar-refractivity contribution < 1.29 is 26.4 Å². The molecule has 0 unspecified atom stereocenters. The van der Waals surface area contributed by atoms with E-state index < -0.39 is 33.6 Å². The largest absolute Gasteiger partial charge is 0.416 e. The van der Waals surface area contributed by atoms with Gasteiger partial charge in [0.05, 0.1) is 16.4 Å². The second kappa shape index (κ2) is 8.16. The molecular formula is C20H21F3N2O3S. The van der Waals surface area contributed by atoms with Crippen molar-refractivity contribution in [1.82, 2.24) is 4.31 Å². The van der Waals surface area contributed by atoms with Crippen molar-refractivity contribution in [1.29, 1.82) is 0 Å². The second-order valence-electron chi connectivity index (χ2n) is 7.08. The molecular weight excluding hydrogens is 405 g/mol. The molecule has 29 heavy (non-hydrogen) atoms. The number of hydrogen-bond donors (Lipinski definition) is 1. The zero-order chi connectivity index (χ0) is 21.2. The third-order valence-electron chi connectivity index (χ3n) is 4.89. The lowest BCUT2D eigenvalue weighted by molar-refractivity contribution is -0.137. The molecule has 0 radical (unpaired) electrons. The van der Waals surface area contributed by atoms with E-state index in [0.717, 1.165) is 17.7 Å². The Bertz CT molecular complexity index is 972. The number of sulfonamides is 1. The lowest BCUT2D eigenvalue weighted by Crippen LogP contribution is -2.43. The highest BCUT2D eigenvalue weighted by molar-refractivity contribution is 7.89. The first-order chi connectivity index (χ1) is 13.6. The fourth-order valence-corrected chi connectivity index (χ4v) is 4.74. The third kappa shape index (κ3) is 4.97. The van der Waals surface area contributed by atoms with Gasteiger partial charge in [-0.3, -0.25) is 4.79 Å². The number of halogens is 3. The number of nitrogens with one attached hydrogen (secondary N) is 1. The molecule has 1 atom stereocenters. The predicted octanol–water partition coefficient (Wildman–Crippen LogP) is 4.05. The van der Waals surface area contributed by atoms with E-state index >= 15 is 0 Å². The fraction of sp³-hybridized carbons (Fsp3) is 0.350. The summed E-state index contributed by atoms with van der Waals surface area (Å²) in [5.74, 6) is -0.986. The van der Waals surface area contributed by atoms with Crippen LogP contribution < -0.4 is 5.32 Å². The fourth-order valence-electron chi connectivity index (χ4n) is 3.22. The van der Waals surface area contributed by atoms with E-state index in [4.69, 9.17) is 0 Å². The molecule has 1 amide bonds. The summed E-state index contributed by atoms with van der Waals surface area (Å²) in [7, 11) is -3.71. The van der Waals surface area contributed by atoms with Gasteiger partial charge in [-0.15, -0.1) is 0 Å². The van der Waals surface area contributed by atoms with Crippen molar-refractivity contribution in [3.63, 3.8) is 0 Å². The number of rotatable bonds is 4. The normalized spacial score (nSPS) is 18.4. The lowest BCUT2D eigenvalue weighted by atomic mass is 9.98. The Balaban J connectivity index is 1.68. The highest BCUT2D eigenvalue weighted by Gasteiger charge is 2.34. The summed E-state index contributed by atoms with van der Waals surface area (Å²) in [6.45, 7) is 2.21. The molecule has 156 valence electrons. The van der Waals surface area contributed by atoms with E-state index in [1.54, 1.807) is 12.1 Å². The average molecular weight is 426 g/mol. The number of alkyl halides is 3. The van der Waals surface area contributed by atoms with Gasteiger partial charge in [0.2, 0.25) is 15.9 Å². The standard InChI is InChI=1S/C20H21F3N2O3S/c1-14-4-10-18(11-5-14)29(27,28)25-12-2-3-15(13-25)19(26)24-17-8-6-16(7-9-17)20(21,22)23/h4-11,15H,2-3,12-13H2,1H3,(H,24,26)/t15-/m0/s1. The molecule has 0 bridgehead atoms. The first kappa shape index (κ1) is 21.3. The molecule has 5 nitrogen and oxygen atoms in total. The van der Waals surface area contributed by atoms with Crippen LogP contribution in [0.15, 0.2) is 53.4 Å². The van der Waals surface area contributed by atoms with E-state index in [1.807, 2.05) is 6.92 Å². The molecule has 0 saturated carbocycles. The molecule has 0 aliphatic carbocycles. The summed E-state index contributed by atoms with van der Waals surface area (Å²) in [6.07, 6.45) is -3.42. The zero-order valence-corrected chi connectivity index (χ0v) is 16.6. The smallest absolute Gasteiger partial charge is 0.326 e. The topological polar surface area (TPSA) is 66.5 Å². The van der Waals surface area contributed by atoms with Gasteiger partial charge in [-0.05, 0) is 56.2 Å². The molecule has 9 heteroatoms. The van der Waals surface area contributed by atoms with Crippen molar-refractivity contribution in [2.45, 2.75) is 30.8 Å². The Morgan fingerprint density at radius 2 is 1.69 bits per heavy atom. The SMILES string of the molecule is Cc1ccc(S(=O)(=O)N2CCC[C@H](C(=O)Nc3ccc(C(F)(F)F)cc3)C2)cc1. The highest BCUT2D eigenvalue weighted by Crippen LogP contribution is 2.30. The van der Waals surface area contributed by atoms with Gasteiger partial charge in [-0.25, -0.2) is 8.42 Å². The molecule has 0 aromatic heterocycles. The summed E-state index contributed by atoms with van der Waals surface area (Å²) >= 11 is 0. The number of hydrogen-bond acceptors (Lipinski definition) is 3. The van der Waals surface area contributed by atoms with E-state index in [2.05, 4.69) is 5.32 Å². The van der Waals surface area contributed by atoms with Crippen LogP contribution in [-0.4, -0.2) is 31.7 Å². The van der Waals surface area contributed by atoms with Gasteiger partial charge in [0, 0.05) is 18.8 Å². The van der Waals surface area contributed by atoms with Gasteiger partial charge in [-0.2, -0.15) is 17.5 Å². The summed E-state index contributed by atoms with van der Waals surface area (Å²) < 4.78 is 64.9. The Morgan fingerprint density at radius 3 is 2.28 bits per heavy atom. The molecule has 1 aliphatic rings. The first-order valence-corrected chi connectivity index (χ1v) is 10.6. The average Bonchev–Trinajstić information content (AvgIpc) is 2.68. The van der Waals surface area contributed by atoms with Crippen molar-refractivity contribution in [3.8, 4) is 0 Å². The zero-order valence-electron chi connectivity index (χ0n) is 15.7. The van der Waals surface area contributed by atoms with Crippen LogP contribution >= 0.6 is 0 Å². The molecule has 2 aromatic rings. The third-order valence-corrected chi connectivity index (χ3v) is 6.77. The minimum absolute atomic E-state index is 0.0304. The van der Waals surface area contributed by atoms with Gasteiger partial charge < -0.3 is 5.32 Å². The molecule has 3 rings (SSSR count). The molecule has 0 spiro atoms. The van der Waals surface area contributed by atoms with Crippen LogP contribution in [0.5, 0.6) is 0 Å². The summed E-state index contributed by atoms with van der Waals surface area (Å²) in [6, 6.07) is 10.7. The quantitative estimate of drug-likeness (QED) is 0.802. The Morgan fingerprint density at radius 1 is 1.07 bits per heavy atom. The molecule has 1 fully saturated rings. The van der Waals surface area contributed by atoms with Crippen LogP contribution in [0.25, 0.3) is 0 Å². The maximum absolute atomic E-state index is 12.8. The molecule has 2 aromatic carbocycles. The van der Waals surface area contributed by atoms with Gasteiger partial charge in [0.25, 0.3) is 0 Å². The molecule has 1 saturated heterocycles. The summed E-state index contributed by atoms with van der Waals surface area (Å²) in [5.41, 5.74) is 0.376. The Labute approximate surface area is 167 Å². The van der Waals surface area contributed by atoms with Crippen molar-refractivity contribution in [3.05, 3.63) is 59.7 Å². The first-order valence-electron chi connectivity index (χ1n) is 9.12. The van der Waals surface area contributed by atoms with Crippen molar-refractivity contribution >= 4 is 21.6 Å². The number of aryl methyl sites for hydroxylation is 1. The lowest BCUT2D eigenvalue weighted by Gasteiger charge is -2.31. The molecule has 1 aliphatic heterocycles. The van der Waals surface area contributed by atoms with Gasteiger partial charge in [0.1, 0.15) is 0 Å². The van der Waals surface area contributed by atoms with E-state index in [-0.39, 0.29) is 17.1 Å². The molecule has 1 heterocycles. The predicted molar refractivity (Wildman–Crippen MR) is 103 cm³/mol. The minimum atomic E-state index is -4.45. The maximum Gasteiger partial charge on any atom is 0.416 e. The summed E-state index contributed by atoms with van der Waals surface area (Å²) in [4.78, 5) is 12.7. The van der Waals surface area contributed by atoms with Crippen molar-refractivity contribution in [2.24, 2.45) is 5.92 Å². The number of amides is 1. The highest BCUT2D eigenvalue weighted by atomic mass is 32.2. The van der Waals surface area contributed by atoms with Gasteiger partial charge >= 0.3 is 6.18 Å². The number of carbonyl (C=O) groups excluding carboxylic acids is 1. The number of piperidine rings is 1. The number of carbonyl (C=O) groups is 1. The van der Waals surface area contributed by atoms with E-state index in [1.165, 1.54) is 28.6 Å². The Hall–Kier alpha value is -2.39. The van der Waals surface area contributed by atoms with Gasteiger partial charge in [-0.1, -0.05) is 17.7 Å². The van der Waals surface area contributed by atoms with Crippen LogP contribution in [0.3, 0.4) is 0 Å². The van der Waals surface area contributed by atoms with E-state index in [9.17, 15) is 26.4 Å². The Kier molecular flexibility index (Phi) is 6.00. The van der Waals surface area contributed by atoms with Crippen LogP contribution in [0.4, 0.5) is 18.9 Å². The van der Waals surface area contributed by atoms with Gasteiger partial charge in [0.15, 0.2) is 0 Å². The van der Waals surface area contributed by atoms with Crippen LogP contribution in [-0.2, 0) is 21.0 Å². The minimum Gasteiger partial charge on any atom is -0.326 e. The monoisotopic (exact) mass is 426 g/mol. The van der Waals surface area contributed by atoms with Crippen LogP contribution in [0, 0.1) is 12.8 Å². The number of anilines is 1. The number of nitrogens with zero attached hydrogens (tertiary/aromatic N) is 1.